The Morgan fingerprint density at radius 3 is 2.21 bits per heavy atom. The number of thiol groups is 1. The van der Waals surface area contributed by atoms with Crippen LogP contribution in [0.1, 0.15) is 43.5 Å². The van der Waals surface area contributed by atoms with Gasteiger partial charge in [-0.2, -0.15) is 12.6 Å². The van der Waals surface area contributed by atoms with Crippen LogP contribution in [0.3, 0.4) is 0 Å². The Kier molecular flexibility index (Phi) is 10.3. The largest absolute Gasteiger partial charge is 0.468 e. The highest BCUT2D eigenvalue weighted by Crippen LogP contribution is 2.28. The zero-order valence-corrected chi connectivity index (χ0v) is 20.6. The van der Waals surface area contributed by atoms with Gasteiger partial charge in [-0.25, -0.2) is 4.79 Å². The third kappa shape index (κ3) is 8.02. The normalized spacial score (nSPS) is 12.5. The van der Waals surface area contributed by atoms with E-state index in [1.54, 1.807) is 52.8 Å². The average molecular weight is 478 g/mol. The van der Waals surface area contributed by atoms with E-state index in [1.165, 1.54) is 7.11 Å². The van der Waals surface area contributed by atoms with Crippen LogP contribution in [0, 0.1) is 26.3 Å². The quantitative estimate of drug-likeness (QED) is 0.228. The van der Waals surface area contributed by atoms with Gasteiger partial charge in [0.2, 0.25) is 5.91 Å². The van der Waals surface area contributed by atoms with E-state index in [9.17, 15) is 19.2 Å². The zero-order chi connectivity index (χ0) is 25.3. The first kappa shape index (κ1) is 27.8. The van der Waals surface area contributed by atoms with E-state index < -0.39 is 48.1 Å². The van der Waals surface area contributed by atoms with E-state index in [0.29, 0.717) is 16.7 Å². The fraction of sp³-hybridized carbons (Fsp3) is 0.478. The van der Waals surface area contributed by atoms with E-state index in [0.717, 1.165) is 4.90 Å². The summed E-state index contributed by atoms with van der Waals surface area (Å²) in [6, 6.07) is 5.18. The summed E-state index contributed by atoms with van der Waals surface area (Å²) in [6.07, 6.45) is 4.84. The van der Waals surface area contributed by atoms with Gasteiger partial charge < -0.3 is 20.1 Å². The summed E-state index contributed by atoms with van der Waals surface area (Å²) >= 11 is 4.16. The lowest BCUT2D eigenvalue weighted by Gasteiger charge is -2.31. The number of carbonyl (C=O) groups excluding carboxylic acids is 4. The summed E-state index contributed by atoms with van der Waals surface area (Å²) in [5.41, 5.74) is 1.14. The molecule has 9 nitrogen and oxygen atoms in total. The highest BCUT2D eigenvalue weighted by Gasteiger charge is 2.37. The highest BCUT2D eigenvalue weighted by molar-refractivity contribution is 7.80. The lowest BCUT2D eigenvalue weighted by molar-refractivity contribution is -0.142. The summed E-state index contributed by atoms with van der Waals surface area (Å²) in [6.45, 7) is 8.19. The van der Waals surface area contributed by atoms with Gasteiger partial charge in [0.25, 0.3) is 5.91 Å². The minimum Gasteiger partial charge on any atom is -0.468 e. The van der Waals surface area contributed by atoms with Gasteiger partial charge >= 0.3 is 12.1 Å². The van der Waals surface area contributed by atoms with Crippen LogP contribution in [0.25, 0.3) is 0 Å². The summed E-state index contributed by atoms with van der Waals surface area (Å²) in [4.78, 5) is 51.1. The molecule has 0 aliphatic rings. The van der Waals surface area contributed by atoms with Gasteiger partial charge in [-0.1, -0.05) is 24.6 Å². The van der Waals surface area contributed by atoms with Crippen LogP contribution in [0.2, 0.25) is 0 Å². The van der Waals surface area contributed by atoms with Crippen molar-refractivity contribution in [3.63, 3.8) is 0 Å². The lowest BCUT2D eigenvalue weighted by atomic mass is 9.94. The monoisotopic (exact) mass is 477 g/mol. The van der Waals surface area contributed by atoms with Crippen molar-refractivity contribution in [2.75, 3.05) is 19.4 Å². The zero-order valence-electron chi connectivity index (χ0n) is 19.7. The molecule has 0 spiro atoms. The first-order valence-corrected chi connectivity index (χ1v) is 10.8. The number of benzene rings is 1. The van der Waals surface area contributed by atoms with Gasteiger partial charge in [0.05, 0.1) is 7.11 Å². The minimum atomic E-state index is -1.27. The molecule has 2 N–H and O–H groups in total. The molecule has 1 rings (SSSR count). The summed E-state index contributed by atoms with van der Waals surface area (Å²) in [5, 5.41) is 4.89. The van der Waals surface area contributed by atoms with Gasteiger partial charge in [-0.3, -0.25) is 19.3 Å². The summed E-state index contributed by atoms with van der Waals surface area (Å²) in [5.74, 6) is -2.18. The molecule has 180 valence electrons. The fourth-order valence-corrected chi connectivity index (χ4v) is 3.28. The molecule has 33 heavy (non-hydrogen) atoms. The first-order valence-electron chi connectivity index (χ1n) is 10.2. The van der Waals surface area contributed by atoms with Crippen LogP contribution in [0.4, 0.5) is 4.79 Å². The Labute approximate surface area is 200 Å². The van der Waals surface area contributed by atoms with Gasteiger partial charge in [-0.15, -0.1) is 0 Å². The van der Waals surface area contributed by atoms with Crippen molar-refractivity contribution in [3.05, 3.63) is 34.9 Å². The van der Waals surface area contributed by atoms with Gasteiger partial charge in [0, 0.05) is 11.8 Å². The van der Waals surface area contributed by atoms with E-state index >= 15 is 0 Å². The third-order valence-electron chi connectivity index (χ3n) is 4.50. The summed E-state index contributed by atoms with van der Waals surface area (Å²) < 4.78 is 9.77. The van der Waals surface area contributed by atoms with Crippen molar-refractivity contribution in [1.29, 1.82) is 0 Å². The Bertz CT molecular complexity index is 915. The molecule has 2 unspecified atom stereocenters. The van der Waals surface area contributed by atoms with Crippen molar-refractivity contribution in [1.82, 2.24) is 15.5 Å². The Balaban J connectivity index is 3.36. The number of esters is 1. The second-order valence-electron chi connectivity index (χ2n) is 8.22. The Morgan fingerprint density at radius 2 is 1.76 bits per heavy atom. The number of rotatable bonds is 8. The molecule has 0 saturated heterocycles. The molecule has 0 saturated carbocycles. The smallest absolute Gasteiger partial charge is 0.408 e. The standard InChI is InChI=1S/C23H31N3O6S/c1-8-26(21(29)16(13-33)25-22(30)32-23(4,5)6)19(20(28)24-12-17(27)31-7)18-14(2)10-9-11-15(18)3/h1,9-11,16,19,33H,12-13H2,2-7H3,(H,24,28)(H,25,30). The number of alkyl carbamates (subject to hydrolysis) is 1. The Hall–Kier alpha value is -3.19. The fourth-order valence-electron chi connectivity index (χ4n) is 3.03. The number of hydrogen-bond acceptors (Lipinski definition) is 7. The van der Waals surface area contributed by atoms with Crippen molar-refractivity contribution in [2.45, 2.75) is 52.3 Å². The number of methoxy groups -OCH3 is 1. The number of terminal acetylenes is 1. The molecule has 0 aliphatic carbocycles. The highest BCUT2D eigenvalue weighted by atomic mass is 32.1. The van der Waals surface area contributed by atoms with Gasteiger partial charge in [0.15, 0.2) is 0 Å². The van der Waals surface area contributed by atoms with Crippen molar-refractivity contribution < 1.29 is 28.7 Å². The number of hydrogen-bond donors (Lipinski definition) is 3. The van der Waals surface area contributed by atoms with Crippen LogP contribution >= 0.6 is 12.6 Å². The number of nitrogens with zero attached hydrogens (tertiary/aromatic N) is 1. The number of ether oxygens (including phenoxy) is 2. The molecule has 2 atom stereocenters. The molecule has 10 heteroatoms. The van der Waals surface area contributed by atoms with E-state index in [-0.39, 0.29) is 5.75 Å². The summed E-state index contributed by atoms with van der Waals surface area (Å²) in [7, 11) is 1.19. The predicted molar refractivity (Wildman–Crippen MR) is 126 cm³/mol. The number of nitrogens with one attached hydrogen (secondary N) is 2. The molecule has 3 amide bonds. The molecule has 0 fully saturated rings. The van der Waals surface area contributed by atoms with Crippen molar-refractivity contribution >= 4 is 36.5 Å². The SMILES string of the molecule is C#CN(C(=O)C(CS)NC(=O)OC(C)(C)C)C(C(=O)NCC(=O)OC)c1c(C)cccc1C. The first-order chi connectivity index (χ1) is 15.4. The van der Waals surface area contributed by atoms with E-state index in [2.05, 4.69) is 34.0 Å². The lowest BCUT2D eigenvalue weighted by Crippen LogP contribution is -2.52. The average Bonchev–Trinajstić information content (AvgIpc) is 2.73. The third-order valence-corrected chi connectivity index (χ3v) is 4.87. The van der Waals surface area contributed by atoms with Gasteiger partial charge in [-0.05, 0) is 51.3 Å². The molecular formula is C23H31N3O6S. The van der Waals surface area contributed by atoms with Crippen molar-refractivity contribution in [3.8, 4) is 12.5 Å². The Morgan fingerprint density at radius 1 is 1.18 bits per heavy atom. The van der Waals surface area contributed by atoms with Crippen LogP contribution in [-0.2, 0) is 23.9 Å². The topological polar surface area (TPSA) is 114 Å². The second-order valence-corrected chi connectivity index (χ2v) is 8.59. The molecule has 0 bridgehead atoms. The van der Waals surface area contributed by atoms with Crippen molar-refractivity contribution in [2.24, 2.45) is 0 Å². The molecule has 0 aromatic heterocycles. The van der Waals surface area contributed by atoms with Crippen LogP contribution in [0.5, 0.6) is 0 Å². The maximum absolute atomic E-state index is 13.3. The van der Waals surface area contributed by atoms with E-state index in [4.69, 9.17) is 11.2 Å². The molecule has 0 aliphatic heterocycles. The number of carbonyl (C=O) groups is 4. The predicted octanol–water partition coefficient (Wildman–Crippen LogP) is 1.88. The van der Waals surface area contributed by atoms with Crippen LogP contribution in [0.15, 0.2) is 18.2 Å². The van der Waals surface area contributed by atoms with Crippen LogP contribution in [-0.4, -0.2) is 59.8 Å². The van der Waals surface area contributed by atoms with Crippen LogP contribution < -0.4 is 10.6 Å². The maximum atomic E-state index is 13.3. The van der Waals surface area contributed by atoms with Gasteiger partial charge in [0.1, 0.15) is 24.2 Å². The molecule has 0 radical (unpaired) electrons. The molecule has 0 heterocycles. The maximum Gasteiger partial charge on any atom is 0.408 e. The molecular weight excluding hydrogens is 446 g/mol. The second kappa shape index (κ2) is 12.2. The molecule has 1 aromatic carbocycles. The van der Waals surface area contributed by atoms with E-state index in [1.807, 2.05) is 0 Å². The molecule has 1 aromatic rings. The minimum absolute atomic E-state index is 0.0977. The number of aryl methyl sites for hydroxylation is 2. The number of amides is 3.